The Morgan fingerprint density at radius 2 is 0.965 bits per heavy atom. The highest BCUT2D eigenvalue weighted by Gasteiger charge is 2.37. The molecule has 57 heavy (non-hydrogen) atoms. The van der Waals surface area contributed by atoms with Gasteiger partial charge in [0.15, 0.2) is 0 Å². The van der Waals surface area contributed by atoms with E-state index >= 15 is 0 Å². The van der Waals surface area contributed by atoms with Crippen molar-refractivity contribution in [3.8, 4) is 44.8 Å². The van der Waals surface area contributed by atoms with E-state index in [2.05, 4.69) is 217 Å². The van der Waals surface area contributed by atoms with E-state index in [1.807, 2.05) is 0 Å². The van der Waals surface area contributed by atoms with Crippen molar-refractivity contribution in [2.24, 2.45) is 0 Å². The van der Waals surface area contributed by atoms with Crippen LogP contribution in [0.3, 0.4) is 0 Å². The molecule has 0 spiro atoms. The van der Waals surface area contributed by atoms with Crippen LogP contribution in [0.5, 0.6) is 0 Å². The molecule has 0 unspecified atom stereocenters. The van der Waals surface area contributed by atoms with E-state index in [0.717, 1.165) is 5.69 Å². The Bertz CT molecular complexity index is 3430. The van der Waals surface area contributed by atoms with E-state index in [-0.39, 0.29) is 5.41 Å². The van der Waals surface area contributed by atoms with Gasteiger partial charge in [0.05, 0.1) is 22.1 Å². The maximum absolute atomic E-state index is 2.48. The highest BCUT2D eigenvalue weighted by Crippen LogP contribution is 2.53. The van der Waals surface area contributed by atoms with Crippen molar-refractivity contribution in [1.29, 1.82) is 0 Å². The summed E-state index contributed by atoms with van der Waals surface area (Å²) in [6.45, 7) is 4.75. The summed E-state index contributed by atoms with van der Waals surface area (Å²) in [6, 6.07) is 71.9. The maximum Gasteiger partial charge on any atom is 0.0547 e. The Hall–Kier alpha value is -7.16. The van der Waals surface area contributed by atoms with E-state index in [1.165, 1.54) is 105 Å². The van der Waals surface area contributed by atoms with Gasteiger partial charge < -0.3 is 9.13 Å². The maximum atomic E-state index is 2.48. The molecule has 2 nitrogen and oxygen atoms in total. The van der Waals surface area contributed by atoms with Gasteiger partial charge in [-0.3, -0.25) is 0 Å². The lowest BCUT2D eigenvalue weighted by atomic mass is 9.82. The molecule has 1 aliphatic carbocycles. The number of para-hydroxylation sites is 1. The number of fused-ring (bicyclic) bond motifs is 11. The minimum absolute atomic E-state index is 0.0936. The van der Waals surface area contributed by atoms with Crippen molar-refractivity contribution in [3.63, 3.8) is 0 Å². The molecule has 0 N–H and O–H groups in total. The lowest BCUT2D eigenvalue weighted by Crippen LogP contribution is -2.14. The van der Waals surface area contributed by atoms with Gasteiger partial charge in [0.1, 0.15) is 0 Å². The third-order valence-electron chi connectivity index (χ3n) is 12.7. The first kappa shape index (κ1) is 32.1. The first-order valence-electron chi connectivity index (χ1n) is 19.9. The molecular weight excluding hydrogens is 689 g/mol. The molecule has 2 heteroatoms. The van der Waals surface area contributed by atoms with Crippen LogP contribution >= 0.6 is 0 Å². The number of hydrogen-bond acceptors (Lipinski definition) is 0. The van der Waals surface area contributed by atoms with Gasteiger partial charge in [0.2, 0.25) is 0 Å². The van der Waals surface area contributed by atoms with E-state index < -0.39 is 0 Å². The molecule has 0 bridgehead atoms. The van der Waals surface area contributed by atoms with Gasteiger partial charge in [-0.2, -0.15) is 0 Å². The fraction of sp³-hybridized carbons (Fsp3) is 0.0545. The molecule has 11 aromatic rings. The second-order valence-corrected chi connectivity index (χ2v) is 16.2. The van der Waals surface area contributed by atoms with E-state index in [9.17, 15) is 0 Å². The Kier molecular flexibility index (Phi) is 6.72. The van der Waals surface area contributed by atoms with Gasteiger partial charge >= 0.3 is 0 Å². The Balaban J connectivity index is 1.10. The summed E-state index contributed by atoms with van der Waals surface area (Å²) >= 11 is 0. The lowest BCUT2D eigenvalue weighted by Gasteiger charge is -2.21. The molecule has 2 heterocycles. The zero-order valence-corrected chi connectivity index (χ0v) is 31.9. The first-order valence-corrected chi connectivity index (χ1v) is 19.9. The summed E-state index contributed by atoms with van der Waals surface area (Å²) in [5.41, 5.74) is 17.5. The molecule has 12 rings (SSSR count). The van der Waals surface area contributed by atoms with Crippen LogP contribution in [0.4, 0.5) is 0 Å². The van der Waals surface area contributed by atoms with Gasteiger partial charge in [0, 0.05) is 38.3 Å². The number of rotatable bonds is 4. The average molecular weight is 727 g/mol. The molecule has 0 amide bonds. The number of benzene rings is 9. The molecular formula is C55H38N2. The summed E-state index contributed by atoms with van der Waals surface area (Å²) in [5, 5.41) is 7.61. The second kappa shape index (κ2) is 11.9. The number of hydrogen-bond donors (Lipinski definition) is 0. The van der Waals surface area contributed by atoms with Crippen molar-refractivity contribution in [2.45, 2.75) is 19.3 Å². The molecule has 9 aromatic carbocycles. The lowest BCUT2D eigenvalue weighted by molar-refractivity contribution is 0.661. The largest absolute Gasteiger partial charge is 0.309 e. The minimum Gasteiger partial charge on any atom is -0.309 e. The molecule has 0 saturated carbocycles. The van der Waals surface area contributed by atoms with Crippen LogP contribution in [0.1, 0.15) is 25.0 Å². The molecule has 0 radical (unpaired) electrons. The number of aromatic nitrogens is 2. The number of nitrogens with zero attached hydrogens (tertiary/aromatic N) is 2. The molecule has 0 atom stereocenters. The quantitative estimate of drug-likeness (QED) is 0.171. The Labute approximate surface area is 331 Å². The van der Waals surface area contributed by atoms with Crippen LogP contribution in [0, 0.1) is 0 Å². The van der Waals surface area contributed by atoms with Gasteiger partial charge in [-0.25, -0.2) is 0 Å². The van der Waals surface area contributed by atoms with E-state index in [0.29, 0.717) is 0 Å². The fourth-order valence-electron chi connectivity index (χ4n) is 9.96. The van der Waals surface area contributed by atoms with Crippen LogP contribution in [0.25, 0.3) is 99.1 Å². The summed E-state index contributed by atoms with van der Waals surface area (Å²) in [7, 11) is 0. The highest BCUT2D eigenvalue weighted by molar-refractivity contribution is 6.19. The van der Waals surface area contributed by atoms with Gasteiger partial charge in [0.25, 0.3) is 0 Å². The molecule has 0 saturated heterocycles. The van der Waals surface area contributed by atoms with Crippen molar-refractivity contribution >= 4 is 54.4 Å². The monoisotopic (exact) mass is 726 g/mol. The highest BCUT2D eigenvalue weighted by atomic mass is 15.0. The van der Waals surface area contributed by atoms with Crippen LogP contribution in [0.15, 0.2) is 194 Å². The van der Waals surface area contributed by atoms with Crippen LogP contribution < -0.4 is 0 Å². The van der Waals surface area contributed by atoms with E-state index in [1.54, 1.807) is 0 Å². The van der Waals surface area contributed by atoms with Gasteiger partial charge in [-0.15, -0.1) is 0 Å². The van der Waals surface area contributed by atoms with Crippen LogP contribution in [0.2, 0.25) is 0 Å². The zero-order valence-electron chi connectivity index (χ0n) is 31.9. The normalized spacial score (nSPS) is 13.2. The summed E-state index contributed by atoms with van der Waals surface area (Å²) in [6.07, 6.45) is 0. The molecule has 0 fully saturated rings. The minimum atomic E-state index is -0.0936. The zero-order chi connectivity index (χ0) is 37.8. The van der Waals surface area contributed by atoms with Crippen LogP contribution in [-0.4, -0.2) is 9.13 Å². The molecule has 1 aliphatic rings. The fourth-order valence-corrected chi connectivity index (χ4v) is 9.96. The Morgan fingerprint density at radius 1 is 0.351 bits per heavy atom. The standard InChI is InChI=1S/C55H38N2/c1-55(2)47-21-10-8-20-44(47)53-48(55)27-30-52-54(53)46-34-40(25-29-51(46)57(52)41-18-12-17-38(31-41)35-13-4-3-5-14-35)39-24-28-50-45(33-39)43-19-9-11-22-49(43)56(50)42-26-23-36-15-6-7-16-37(36)32-42/h3-34H,1-2H3. The van der Waals surface area contributed by atoms with Crippen molar-refractivity contribution in [3.05, 3.63) is 205 Å². The summed E-state index contributed by atoms with van der Waals surface area (Å²) < 4.78 is 4.90. The molecule has 2 aromatic heterocycles. The van der Waals surface area contributed by atoms with Crippen molar-refractivity contribution in [1.82, 2.24) is 9.13 Å². The van der Waals surface area contributed by atoms with Gasteiger partial charge in [-0.05, 0) is 116 Å². The molecule has 268 valence electrons. The van der Waals surface area contributed by atoms with Crippen molar-refractivity contribution in [2.75, 3.05) is 0 Å². The van der Waals surface area contributed by atoms with Crippen LogP contribution in [-0.2, 0) is 5.41 Å². The SMILES string of the molecule is CC1(C)c2ccccc2-c2c1ccc1c2c2cc(-c3ccc4c(c3)c3ccccc3n4-c3ccc4ccccc4c3)ccc2n1-c1cccc(-c2ccccc2)c1. The predicted octanol–water partition coefficient (Wildman–Crippen LogP) is 14.7. The Morgan fingerprint density at radius 3 is 1.82 bits per heavy atom. The average Bonchev–Trinajstić information content (AvgIpc) is 3.86. The third-order valence-corrected chi connectivity index (χ3v) is 12.7. The first-order chi connectivity index (χ1) is 28.0. The smallest absolute Gasteiger partial charge is 0.0547 e. The predicted molar refractivity (Wildman–Crippen MR) is 241 cm³/mol. The summed E-state index contributed by atoms with van der Waals surface area (Å²) in [5.74, 6) is 0. The summed E-state index contributed by atoms with van der Waals surface area (Å²) in [4.78, 5) is 0. The van der Waals surface area contributed by atoms with Crippen molar-refractivity contribution < 1.29 is 0 Å². The topological polar surface area (TPSA) is 9.86 Å². The van der Waals surface area contributed by atoms with Gasteiger partial charge in [-0.1, -0.05) is 147 Å². The third kappa shape index (κ3) is 4.65. The van der Waals surface area contributed by atoms with E-state index in [4.69, 9.17) is 0 Å². The molecule has 0 aliphatic heterocycles. The second-order valence-electron chi connectivity index (χ2n) is 16.2.